The van der Waals surface area contributed by atoms with Gasteiger partial charge >= 0.3 is 5.97 Å². The van der Waals surface area contributed by atoms with Gasteiger partial charge in [0.1, 0.15) is 11.4 Å². The molecule has 144 valence electrons. The number of nitrogen functional groups attached to an aromatic ring is 1. The van der Waals surface area contributed by atoms with Gasteiger partial charge in [-0.3, -0.25) is 0 Å². The molecule has 0 radical (unpaired) electrons. The van der Waals surface area contributed by atoms with Gasteiger partial charge in [-0.2, -0.15) is 0 Å². The van der Waals surface area contributed by atoms with Gasteiger partial charge in [0.15, 0.2) is 0 Å². The number of para-hydroxylation sites is 1. The van der Waals surface area contributed by atoms with E-state index in [0.717, 1.165) is 45.2 Å². The molecular weight excluding hydrogens is 432 g/mol. The average Bonchev–Trinajstić information content (AvgIpc) is 2.99. The third-order valence-electron chi connectivity index (χ3n) is 4.40. The molecule has 0 aliphatic heterocycles. The maximum Gasteiger partial charge on any atom is 0.354 e. The van der Waals surface area contributed by atoms with E-state index in [1.54, 1.807) is 6.07 Å². The average molecular weight is 454 g/mol. The predicted octanol–water partition coefficient (Wildman–Crippen LogP) is 4.74. The van der Waals surface area contributed by atoms with E-state index in [9.17, 15) is 4.79 Å². The molecule has 0 fully saturated rings. The third-order valence-corrected chi connectivity index (χ3v) is 5.04. The molecule has 0 unspecified atom stereocenters. The fourth-order valence-electron chi connectivity index (χ4n) is 3.03. The summed E-state index contributed by atoms with van der Waals surface area (Å²) in [6, 6.07) is 13.5. The van der Waals surface area contributed by atoms with Crippen molar-refractivity contribution in [3.8, 4) is 5.75 Å². The number of hydrogen-bond donors (Lipinski definition) is 1. The number of nitrogens with two attached hydrogens (primary N) is 1. The van der Waals surface area contributed by atoms with Gasteiger partial charge in [-0.1, -0.05) is 18.2 Å². The number of anilines is 1. The second-order valence-corrected chi connectivity index (χ2v) is 6.89. The van der Waals surface area contributed by atoms with Crippen LogP contribution in [0.25, 0.3) is 10.9 Å². The highest BCUT2D eigenvalue weighted by Crippen LogP contribution is 2.34. The summed E-state index contributed by atoms with van der Waals surface area (Å²) in [4.78, 5) is 12.0. The number of ether oxygens (including phenoxy) is 2. The lowest BCUT2D eigenvalue weighted by molar-refractivity contribution is 0.0590. The van der Waals surface area contributed by atoms with Crippen molar-refractivity contribution in [1.82, 2.24) is 4.57 Å². The minimum Gasteiger partial charge on any atom is -0.493 e. The number of aryl methyl sites for hydroxylation is 2. The van der Waals surface area contributed by atoms with Crippen molar-refractivity contribution in [2.75, 3.05) is 19.5 Å². The van der Waals surface area contributed by atoms with Gasteiger partial charge in [-0.15, -0.1) is 12.4 Å². The summed E-state index contributed by atoms with van der Waals surface area (Å²) in [7, 11) is 3.21. The zero-order valence-electron chi connectivity index (χ0n) is 15.2. The summed E-state index contributed by atoms with van der Waals surface area (Å²) in [6.45, 7) is 0.563. The van der Waals surface area contributed by atoms with Gasteiger partial charge in [0.25, 0.3) is 0 Å². The van der Waals surface area contributed by atoms with Crippen LogP contribution in [0, 0.1) is 0 Å². The van der Waals surface area contributed by atoms with Gasteiger partial charge in [-0.05, 0) is 58.6 Å². The van der Waals surface area contributed by atoms with Gasteiger partial charge in [0.05, 0.1) is 19.2 Å². The number of nitrogens with zero attached hydrogens (tertiary/aromatic N) is 1. The molecule has 2 aromatic carbocycles. The predicted molar refractivity (Wildman–Crippen MR) is 114 cm³/mol. The summed E-state index contributed by atoms with van der Waals surface area (Å²) in [5.74, 6) is 0.371. The van der Waals surface area contributed by atoms with E-state index >= 15 is 0 Å². The number of esters is 1. The fraction of sp³-hybridized carbons (Fsp3) is 0.250. The van der Waals surface area contributed by atoms with Gasteiger partial charge < -0.3 is 19.8 Å². The first-order chi connectivity index (χ1) is 12.5. The first kappa shape index (κ1) is 21.1. The van der Waals surface area contributed by atoms with Crippen molar-refractivity contribution in [2.45, 2.75) is 12.8 Å². The highest BCUT2D eigenvalue weighted by Gasteiger charge is 2.18. The van der Waals surface area contributed by atoms with Crippen LogP contribution in [-0.4, -0.2) is 24.3 Å². The van der Waals surface area contributed by atoms with E-state index < -0.39 is 0 Å². The quantitative estimate of drug-likeness (QED) is 0.332. The van der Waals surface area contributed by atoms with Crippen LogP contribution in [0.1, 0.15) is 22.5 Å². The molecule has 3 rings (SSSR count). The zero-order valence-corrected chi connectivity index (χ0v) is 17.6. The molecule has 0 aliphatic carbocycles. The SMILES string of the molecule is COC(=O)c1cc2c(OCCCc3ccccc3N)ccc(Br)c2n1C.Cl. The van der Waals surface area contributed by atoms with Crippen LogP contribution in [0.15, 0.2) is 46.9 Å². The van der Waals surface area contributed by atoms with E-state index in [-0.39, 0.29) is 18.4 Å². The summed E-state index contributed by atoms with van der Waals surface area (Å²) in [5.41, 5.74) is 9.29. The van der Waals surface area contributed by atoms with Crippen LogP contribution in [-0.2, 0) is 18.2 Å². The molecule has 0 bridgehead atoms. The van der Waals surface area contributed by atoms with Crippen molar-refractivity contribution in [2.24, 2.45) is 7.05 Å². The normalized spacial score (nSPS) is 10.5. The van der Waals surface area contributed by atoms with Crippen LogP contribution in [0.3, 0.4) is 0 Å². The number of halogens is 2. The van der Waals surface area contributed by atoms with E-state index in [4.69, 9.17) is 15.2 Å². The number of methoxy groups -OCH3 is 1. The lowest BCUT2D eigenvalue weighted by Crippen LogP contribution is -2.07. The standard InChI is InChI=1S/C20H21BrN2O3.ClH/c1-23-17(20(24)25-2)12-14-18(10-9-15(21)19(14)23)26-11-5-7-13-6-3-4-8-16(13)22;/h3-4,6,8-10,12H,5,7,11,22H2,1-2H3;1H. The number of benzene rings is 2. The third kappa shape index (κ3) is 4.39. The number of hydrogen-bond acceptors (Lipinski definition) is 4. The minimum atomic E-state index is -0.374. The molecule has 2 N–H and O–H groups in total. The summed E-state index contributed by atoms with van der Waals surface area (Å²) >= 11 is 3.54. The van der Waals surface area contributed by atoms with Gasteiger partial charge in [-0.25, -0.2) is 4.79 Å². The minimum absolute atomic E-state index is 0. The molecule has 1 aromatic heterocycles. The van der Waals surface area contributed by atoms with Crippen molar-refractivity contribution < 1.29 is 14.3 Å². The molecule has 0 aliphatic rings. The molecule has 0 saturated carbocycles. The molecule has 0 spiro atoms. The Bertz CT molecular complexity index is 956. The van der Waals surface area contributed by atoms with E-state index in [1.165, 1.54) is 7.11 Å². The monoisotopic (exact) mass is 452 g/mol. The first-order valence-electron chi connectivity index (χ1n) is 8.35. The van der Waals surface area contributed by atoms with Crippen LogP contribution in [0.5, 0.6) is 5.75 Å². The second-order valence-electron chi connectivity index (χ2n) is 6.04. The van der Waals surface area contributed by atoms with Gasteiger partial charge in [0.2, 0.25) is 0 Å². The molecule has 0 atom stereocenters. The second kappa shape index (κ2) is 9.15. The van der Waals surface area contributed by atoms with Crippen LogP contribution < -0.4 is 10.5 Å². The smallest absolute Gasteiger partial charge is 0.354 e. The van der Waals surface area contributed by atoms with Crippen molar-refractivity contribution in [1.29, 1.82) is 0 Å². The Hall–Kier alpha value is -2.18. The van der Waals surface area contributed by atoms with Crippen LogP contribution in [0.2, 0.25) is 0 Å². The summed E-state index contributed by atoms with van der Waals surface area (Å²) < 4.78 is 13.6. The maximum atomic E-state index is 12.0. The number of rotatable bonds is 6. The molecule has 7 heteroatoms. The maximum absolute atomic E-state index is 12.0. The number of carbonyl (C=O) groups is 1. The Morgan fingerprint density at radius 1 is 1.22 bits per heavy atom. The van der Waals surface area contributed by atoms with Crippen LogP contribution >= 0.6 is 28.3 Å². The van der Waals surface area contributed by atoms with Crippen molar-refractivity contribution in [3.05, 3.63) is 58.2 Å². The molecule has 0 amide bonds. The van der Waals surface area contributed by atoms with Crippen LogP contribution in [0.4, 0.5) is 5.69 Å². The fourth-order valence-corrected chi connectivity index (χ4v) is 3.64. The molecule has 5 nitrogen and oxygen atoms in total. The highest BCUT2D eigenvalue weighted by molar-refractivity contribution is 9.10. The Morgan fingerprint density at radius 2 is 1.96 bits per heavy atom. The molecule has 0 saturated heterocycles. The van der Waals surface area contributed by atoms with E-state index in [2.05, 4.69) is 15.9 Å². The van der Waals surface area contributed by atoms with Gasteiger partial charge in [0, 0.05) is 22.6 Å². The number of carbonyl (C=O) groups excluding carboxylic acids is 1. The van der Waals surface area contributed by atoms with Crippen molar-refractivity contribution in [3.63, 3.8) is 0 Å². The Kier molecular flexibility index (Phi) is 7.16. The lowest BCUT2D eigenvalue weighted by atomic mass is 10.1. The Labute approximate surface area is 173 Å². The topological polar surface area (TPSA) is 66.5 Å². The molecule has 3 aromatic rings. The number of aromatic nitrogens is 1. The summed E-state index contributed by atoms with van der Waals surface area (Å²) in [5, 5.41) is 0.876. The summed E-state index contributed by atoms with van der Waals surface area (Å²) in [6.07, 6.45) is 1.71. The van der Waals surface area contributed by atoms with E-state index in [0.29, 0.717) is 12.3 Å². The Morgan fingerprint density at radius 3 is 2.67 bits per heavy atom. The molecular formula is C20H22BrClN2O3. The van der Waals surface area contributed by atoms with Crippen molar-refractivity contribution >= 4 is 50.9 Å². The lowest BCUT2D eigenvalue weighted by Gasteiger charge is -2.10. The Balaban J connectivity index is 0.00000261. The largest absolute Gasteiger partial charge is 0.493 e. The zero-order chi connectivity index (χ0) is 18.7. The highest BCUT2D eigenvalue weighted by atomic mass is 79.9. The number of fused-ring (bicyclic) bond motifs is 1. The van der Waals surface area contributed by atoms with E-state index in [1.807, 2.05) is 48.0 Å². The first-order valence-corrected chi connectivity index (χ1v) is 9.14. The molecule has 1 heterocycles. The molecule has 27 heavy (non-hydrogen) atoms.